The van der Waals surface area contributed by atoms with Crippen molar-refractivity contribution in [2.75, 3.05) is 19.8 Å². The van der Waals surface area contributed by atoms with Crippen LogP contribution in [0.4, 0.5) is 0 Å². The first kappa shape index (κ1) is 16.5. The Morgan fingerprint density at radius 3 is 2.36 bits per heavy atom. The summed E-state index contributed by atoms with van der Waals surface area (Å²) in [6.07, 6.45) is 0.472. The van der Waals surface area contributed by atoms with Crippen LogP contribution in [-0.2, 0) is 19.1 Å². The summed E-state index contributed by atoms with van der Waals surface area (Å²) >= 11 is 3.32. The number of hydrogen-bond donors (Lipinski definition) is 0. The van der Waals surface area contributed by atoms with Crippen LogP contribution in [0.2, 0.25) is 0 Å². The summed E-state index contributed by atoms with van der Waals surface area (Å²) in [5.41, 5.74) is 0. The highest BCUT2D eigenvalue weighted by molar-refractivity contribution is 9.10. The van der Waals surface area contributed by atoms with Gasteiger partial charge in [-0.1, -0.05) is 15.9 Å². The van der Waals surface area contributed by atoms with Gasteiger partial charge in [-0.15, -0.1) is 0 Å². The molecule has 0 saturated carbocycles. The van der Waals surface area contributed by atoms with Crippen molar-refractivity contribution in [3.63, 3.8) is 0 Å². The van der Waals surface area contributed by atoms with E-state index in [-0.39, 0.29) is 50.8 Å². The van der Waals surface area contributed by atoms with E-state index in [4.69, 9.17) is 9.47 Å². The Balaban J connectivity index is 1.60. The van der Waals surface area contributed by atoms with Gasteiger partial charge >= 0.3 is 5.97 Å². The van der Waals surface area contributed by atoms with E-state index in [9.17, 15) is 14.4 Å². The second-order valence-electron chi connectivity index (χ2n) is 4.71. The smallest absolute Gasteiger partial charge is 0.307 e. The molecule has 1 fully saturated rings. The van der Waals surface area contributed by atoms with Gasteiger partial charge < -0.3 is 9.47 Å². The molecule has 0 radical (unpaired) electrons. The van der Waals surface area contributed by atoms with Gasteiger partial charge in [0, 0.05) is 23.9 Å². The van der Waals surface area contributed by atoms with Gasteiger partial charge in [-0.2, -0.15) is 0 Å². The largest absolute Gasteiger partial charge is 0.490 e. The molecule has 6 nitrogen and oxygen atoms in total. The lowest BCUT2D eigenvalue weighted by atomic mass is 10.3. The zero-order chi connectivity index (χ0) is 15.9. The maximum Gasteiger partial charge on any atom is 0.307 e. The van der Waals surface area contributed by atoms with Crippen LogP contribution in [0.15, 0.2) is 28.7 Å². The third-order valence-corrected chi connectivity index (χ3v) is 3.65. The number of ether oxygens (including phenoxy) is 2. The number of esters is 1. The molecule has 1 saturated heterocycles. The molecule has 0 N–H and O–H groups in total. The van der Waals surface area contributed by atoms with Crippen LogP contribution in [0.5, 0.6) is 5.75 Å². The SMILES string of the molecule is O=C(CCN1C(=O)CCC1=O)OCCOc1ccc(Br)cc1. The summed E-state index contributed by atoms with van der Waals surface area (Å²) in [4.78, 5) is 35.4. The standard InChI is InChI=1S/C15H16BrNO5/c16-11-1-3-12(4-2-11)21-9-10-22-15(20)7-8-17-13(18)5-6-14(17)19/h1-4H,5-10H2. The highest BCUT2D eigenvalue weighted by Gasteiger charge is 2.28. The molecule has 0 aromatic heterocycles. The zero-order valence-corrected chi connectivity index (χ0v) is 13.5. The molecule has 0 spiro atoms. The first-order valence-corrected chi connectivity index (χ1v) is 7.73. The summed E-state index contributed by atoms with van der Waals surface area (Å²) in [5.74, 6) is -0.216. The van der Waals surface area contributed by atoms with Gasteiger partial charge in [0.25, 0.3) is 0 Å². The first-order chi connectivity index (χ1) is 10.6. The Morgan fingerprint density at radius 1 is 1.09 bits per heavy atom. The predicted octanol–water partition coefficient (Wildman–Crippen LogP) is 1.91. The number of amides is 2. The van der Waals surface area contributed by atoms with Gasteiger partial charge in [0.2, 0.25) is 11.8 Å². The molecule has 2 amide bonds. The van der Waals surface area contributed by atoms with Gasteiger partial charge in [-0.05, 0) is 24.3 Å². The summed E-state index contributed by atoms with van der Waals surface area (Å²) in [7, 11) is 0. The molecule has 2 rings (SSSR count). The monoisotopic (exact) mass is 369 g/mol. The summed E-state index contributed by atoms with van der Waals surface area (Å²) in [6, 6.07) is 7.31. The summed E-state index contributed by atoms with van der Waals surface area (Å²) < 4.78 is 11.4. The third-order valence-electron chi connectivity index (χ3n) is 3.12. The van der Waals surface area contributed by atoms with E-state index >= 15 is 0 Å². The molecule has 1 heterocycles. The molecule has 7 heteroatoms. The zero-order valence-electron chi connectivity index (χ0n) is 11.9. The Bertz CT molecular complexity index is 542. The van der Waals surface area contributed by atoms with Crippen molar-refractivity contribution in [2.24, 2.45) is 0 Å². The van der Waals surface area contributed by atoms with E-state index < -0.39 is 5.97 Å². The molecule has 0 aliphatic carbocycles. The maximum absolute atomic E-state index is 11.5. The average molecular weight is 370 g/mol. The van der Waals surface area contributed by atoms with Gasteiger partial charge in [-0.25, -0.2) is 0 Å². The number of carbonyl (C=O) groups excluding carboxylic acids is 3. The Labute approximate surface area is 136 Å². The molecule has 0 atom stereocenters. The fraction of sp³-hybridized carbons (Fsp3) is 0.400. The van der Waals surface area contributed by atoms with Crippen molar-refractivity contribution < 1.29 is 23.9 Å². The minimum absolute atomic E-state index is 0.00969. The molecule has 1 aliphatic rings. The Kier molecular flexibility index (Phi) is 5.94. The van der Waals surface area contributed by atoms with E-state index in [1.54, 1.807) is 12.1 Å². The molecule has 118 valence electrons. The van der Waals surface area contributed by atoms with Gasteiger partial charge in [0.1, 0.15) is 19.0 Å². The van der Waals surface area contributed by atoms with Crippen molar-refractivity contribution in [1.82, 2.24) is 4.90 Å². The van der Waals surface area contributed by atoms with Crippen molar-refractivity contribution in [1.29, 1.82) is 0 Å². The number of imide groups is 1. The van der Waals surface area contributed by atoms with Gasteiger partial charge in [0.05, 0.1) is 6.42 Å². The maximum atomic E-state index is 11.5. The Hall–Kier alpha value is -1.89. The van der Waals surface area contributed by atoms with Crippen LogP contribution in [0.25, 0.3) is 0 Å². The molecule has 0 bridgehead atoms. The second-order valence-corrected chi connectivity index (χ2v) is 5.63. The van der Waals surface area contributed by atoms with Crippen molar-refractivity contribution in [3.8, 4) is 5.75 Å². The fourth-order valence-electron chi connectivity index (χ4n) is 1.99. The number of likely N-dealkylation sites (tertiary alicyclic amines) is 1. The van der Waals surface area contributed by atoms with Crippen LogP contribution < -0.4 is 4.74 Å². The van der Waals surface area contributed by atoms with Crippen molar-refractivity contribution in [3.05, 3.63) is 28.7 Å². The molecular weight excluding hydrogens is 354 g/mol. The van der Waals surface area contributed by atoms with Crippen molar-refractivity contribution in [2.45, 2.75) is 19.3 Å². The minimum Gasteiger partial charge on any atom is -0.490 e. The van der Waals surface area contributed by atoms with E-state index in [0.29, 0.717) is 5.75 Å². The Morgan fingerprint density at radius 2 is 1.73 bits per heavy atom. The third kappa shape index (κ3) is 4.84. The van der Waals surface area contributed by atoms with Gasteiger partial charge in [0.15, 0.2) is 0 Å². The molecular formula is C15H16BrNO5. The van der Waals surface area contributed by atoms with Crippen LogP contribution in [0.3, 0.4) is 0 Å². The number of nitrogens with zero attached hydrogens (tertiary/aromatic N) is 1. The molecule has 1 aliphatic heterocycles. The van der Waals surface area contributed by atoms with E-state index in [1.807, 2.05) is 12.1 Å². The number of benzene rings is 1. The van der Waals surface area contributed by atoms with E-state index in [2.05, 4.69) is 15.9 Å². The van der Waals surface area contributed by atoms with Gasteiger partial charge in [-0.3, -0.25) is 19.3 Å². The predicted molar refractivity (Wildman–Crippen MR) is 81.2 cm³/mol. The van der Waals surface area contributed by atoms with Crippen molar-refractivity contribution >= 4 is 33.7 Å². The molecule has 0 unspecified atom stereocenters. The van der Waals surface area contributed by atoms with Crippen LogP contribution in [0, 0.1) is 0 Å². The average Bonchev–Trinajstić information content (AvgIpc) is 2.82. The fourth-order valence-corrected chi connectivity index (χ4v) is 2.26. The summed E-state index contributed by atoms with van der Waals surface area (Å²) in [6.45, 7) is 0.454. The highest BCUT2D eigenvalue weighted by atomic mass is 79.9. The van der Waals surface area contributed by atoms with E-state index in [0.717, 1.165) is 9.37 Å². The first-order valence-electron chi connectivity index (χ1n) is 6.93. The number of halogens is 1. The van der Waals surface area contributed by atoms with Crippen LogP contribution >= 0.6 is 15.9 Å². The number of carbonyl (C=O) groups is 3. The molecule has 22 heavy (non-hydrogen) atoms. The second kappa shape index (κ2) is 7.93. The topological polar surface area (TPSA) is 72.9 Å². The lowest BCUT2D eigenvalue weighted by Crippen LogP contribution is -2.31. The molecule has 1 aromatic rings. The summed E-state index contributed by atoms with van der Waals surface area (Å²) in [5, 5.41) is 0. The van der Waals surface area contributed by atoms with Crippen LogP contribution in [-0.4, -0.2) is 42.4 Å². The normalized spacial score (nSPS) is 14.3. The lowest BCUT2D eigenvalue weighted by molar-refractivity contribution is -0.146. The van der Waals surface area contributed by atoms with E-state index in [1.165, 1.54) is 0 Å². The minimum atomic E-state index is -0.452. The van der Waals surface area contributed by atoms with Crippen LogP contribution in [0.1, 0.15) is 19.3 Å². The quantitative estimate of drug-likeness (QED) is 0.417. The number of hydrogen-bond acceptors (Lipinski definition) is 5. The number of rotatable bonds is 7. The molecule has 1 aromatic carbocycles. The lowest BCUT2D eigenvalue weighted by Gasteiger charge is -2.13. The highest BCUT2D eigenvalue weighted by Crippen LogP contribution is 2.16.